The maximum Gasteiger partial charge on any atom is 0.137 e. The van der Waals surface area contributed by atoms with Gasteiger partial charge in [-0.05, 0) is 43.4 Å². The normalized spacial score (nSPS) is 19.3. The molecule has 0 spiro atoms. The van der Waals surface area contributed by atoms with Crippen molar-refractivity contribution in [3.63, 3.8) is 0 Å². The molecule has 19 heavy (non-hydrogen) atoms. The Hall–Kier alpha value is -1.15. The zero-order valence-electron chi connectivity index (χ0n) is 12.0. The van der Waals surface area contributed by atoms with Crippen LogP contribution in [0.3, 0.4) is 0 Å². The molecule has 1 atom stereocenters. The average molecular weight is 259 g/mol. The number of benzene rings is 1. The molecule has 1 aromatic rings. The number of hydrogen-bond acceptors (Lipinski definition) is 2. The summed E-state index contributed by atoms with van der Waals surface area (Å²) in [5.74, 6) is 0.372. The molecular formula is C17H25NO. The van der Waals surface area contributed by atoms with Crippen molar-refractivity contribution in [2.75, 3.05) is 6.54 Å². The summed E-state index contributed by atoms with van der Waals surface area (Å²) in [6.45, 7) is 3.27. The van der Waals surface area contributed by atoms with Crippen LogP contribution < -0.4 is 5.32 Å². The minimum Gasteiger partial charge on any atom is -0.314 e. The van der Waals surface area contributed by atoms with E-state index >= 15 is 0 Å². The highest BCUT2D eigenvalue weighted by Crippen LogP contribution is 2.13. The number of hydrogen-bond donors (Lipinski definition) is 1. The lowest BCUT2D eigenvalue weighted by molar-refractivity contribution is -0.118. The Balaban J connectivity index is 1.73. The predicted molar refractivity (Wildman–Crippen MR) is 79.4 cm³/mol. The van der Waals surface area contributed by atoms with E-state index in [0.29, 0.717) is 24.7 Å². The van der Waals surface area contributed by atoms with Crippen LogP contribution in [0.1, 0.15) is 50.2 Å². The van der Waals surface area contributed by atoms with E-state index in [0.717, 1.165) is 24.9 Å². The van der Waals surface area contributed by atoms with Crippen LogP contribution in [-0.2, 0) is 17.6 Å². The van der Waals surface area contributed by atoms with Crippen molar-refractivity contribution in [2.24, 2.45) is 0 Å². The maximum absolute atomic E-state index is 12.0. The molecule has 2 heteroatoms. The molecule has 0 aromatic heterocycles. The molecule has 2 rings (SSSR count). The van der Waals surface area contributed by atoms with E-state index in [1.165, 1.54) is 24.8 Å². The molecular weight excluding hydrogens is 234 g/mol. The summed E-state index contributed by atoms with van der Waals surface area (Å²) in [6, 6.07) is 9.02. The van der Waals surface area contributed by atoms with Crippen LogP contribution in [0.5, 0.6) is 0 Å². The number of Topliss-reactive ketones (excluding diaryl/α,β-unsaturated/α-hetero) is 1. The van der Waals surface area contributed by atoms with Crippen LogP contribution in [0.2, 0.25) is 0 Å². The summed E-state index contributed by atoms with van der Waals surface area (Å²) in [5.41, 5.74) is 2.49. The standard InChI is InChI=1S/C17H25NO/c1-2-14-6-8-15(9-7-14)13-17(19)11-10-16-5-3-4-12-18-16/h6-9,16,18H,2-5,10-13H2,1H3. The number of carbonyl (C=O) groups is 1. The molecule has 0 saturated carbocycles. The monoisotopic (exact) mass is 259 g/mol. The van der Waals surface area contributed by atoms with Crippen molar-refractivity contribution < 1.29 is 4.79 Å². The largest absolute Gasteiger partial charge is 0.314 e. The average Bonchev–Trinajstić information content (AvgIpc) is 2.47. The zero-order chi connectivity index (χ0) is 13.5. The molecule has 2 nitrogen and oxygen atoms in total. The number of ketones is 1. The van der Waals surface area contributed by atoms with Crippen molar-refractivity contribution in [2.45, 2.75) is 57.9 Å². The number of carbonyl (C=O) groups excluding carboxylic acids is 1. The van der Waals surface area contributed by atoms with E-state index in [9.17, 15) is 4.79 Å². The third-order valence-corrected chi connectivity index (χ3v) is 4.02. The molecule has 0 amide bonds. The molecule has 1 aliphatic rings. The fourth-order valence-corrected chi connectivity index (χ4v) is 2.71. The summed E-state index contributed by atoms with van der Waals surface area (Å²) in [5, 5.41) is 3.50. The molecule has 1 saturated heterocycles. The molecule has 1 heterocycles. The van der Waals surface area contributed by atoms with Crippen LogP contribution in [0, 0.1) is 0 Å². The fourth-order valence-electron chi connectivity index (χ4n) is 2.71. The van der Waals surface area contributed by atoms with Gasteiger partial charge < -0.3 is 5.32 Å². The van der Waals surface area contributed by atoms with Crippen LogP contribution in [-0.4, -0.2) is 18.4 Å². The molecule has 0 aliphatic carbocycles. The van der Waals surface area contributed by atoms with Gasteiger partial charge in [0.25, 0.3) is 0 Å². The maximum atomic E-state index is 12.0. The lowest BCUT2D eigenvalue weighted by Gasteiger charge is -2.22. The lowest BCUT2D eigenvalue weighted by Crippen LogP contribution is -2.34. The van der Waals surface area contributed by atoms with Crippen LogP contribution in [0.25, 0.3) is 0 Å². The molecule has 0 radical (unpaired) electrons. The quantitative estimate of drug-likeness (QED) is 0.849. The summed E-state index contributed by atoms with van der Waals surface area (Å²) < 4.78 is 0. The van der Waals surface area contributed by atoms with Gasteiger partial charge in [-0.25, -0.2) is 0 Å². The second-order valence-corrected chi connectivity index (χ2v) is 5.57. The Bertz CT molecular complexity index is 390. The summed E-state index contributed by atoms with van der Waals surface area (Å²) in [6.07, 6.45) is 7.20. The van der Waals surface area contributed by atoms with E-state index in [1.54, 1.807) is 0 Å². The van der Waals surface area contributed by atoms with E-state index in [2.05, 4.69) is 36.5 Å². The lowest BCUT2D eigenvalue weighted by atomic mass is 9.97. The molecule has 104 valence electrons. The van der Waals surface area contributed by atoms with Gasteiger partial charge in [-0.15, -0.1) is 0 Å². The summed E-state index contributed by atoms with van der Waals surface area (Å²) in [7, 11) is 0. The first-order chi connectivity index (χ1) is 9.28. The first-order valence-electron chi connectivity index (χ1n) is 7.61. The molecule has 1 N–H and O–H groups in total. The zero-order valence-corrected chi connectivity index (χ0v) is 12.0. The van der Waals surface area contributed by atoms with E-state index in [4.69, 9.17) is 0 Å². The molecule has 1 unspecified atom stereocenters. The van der Waals surface area contributed by atoms with Gasteiger partial charge in [-0.2, -0.15) is 0 Å². The topological polar surface area (TPSA) is 29.1 Å². The Morgan fingerprint density at radius 3 is 2.58 bits per heavy atom. The van der Waals surface area contributed by atoms with Gasteiger partial charge in [-0.3, -0.25) is 4.79 Å². The second kappa shape index (κ2) is 7.44. The molecule has 1 aromatic carbocycles. The first kappa shape index (κ1) is 14.3. The summed E-state index contributed by atoms with van der Waals surface area (Å²) in [4.78, 5) is 12.0. The number of rotatable bonds is 6. The Labute approximate surface area is 116 Å². The summed E-state index contributed by atoms with van der Waals surface area (Å²) >= 11 is 0. The predicted octanol–water partition coefficient (Wildman–Crippen LogP) is 3.28. The molecule has 0 bridgehead atoms. The highest BCUT2D eigenvalue weighted by molar-refractivity contribution is 5.80. The van der Waals surface area contributed by atoms with Crippen LogP contribution in [0.4, 0.5) is 0 Å². The number of piperidine rings is 1. The van der Waals surface area contributed by atoms with Gasteiger partial charge in [0.05, 0.1) is 0 Å². The van der Waals surface area contributed by atoms with Gasteiger partial charge in [0.15, 0.2) is 0 Å². The smallest absolute Gasteiger partial charge is 0.137 e. The highest BCUT2D eigenvalue weighted by atomic mass is 16.1. The molecule has 1 fully saturated rings. The Morgan fingerprint density at radius 2 is 1.95 bits per heavy atom. The fraction of sp³-hybridized carbons (Fsp3) is 0.588. The third kappa shape index (κ3) is 4.79. The minimum absolute atomic E-state index is 0.372. The SMILES string of the molecule is CCc1ccc(CC(=O)CCC2CCCCN2)cc1. The van der Waals surface area contributed by atoms with Crippen molar-refractivity contribution in [3.05, 3.63) is 35.4 Å². The van der Waals surface area contributed by atoms with E-state index in [-0.39, 0.29) is 0 Å². The van der Waals surface area contributed by atoms with Gasteiger partial charge in [0.2, 0.25) is 0 Å². The molecule has 1 aliphatic heterocycles. The van der Waals surface area contributed by atoms with E-state index < -0.39 is 0 Å². The number of aryl methyl sites for hydroxylation is 1. The van der Waals surface area contributed by atoms with Crippen molar-refractivity contribution in [1.29, 1.82) is 0 Å². The highest BCUT2D eigenvalue weighted by Gasteiger charge is 2.14. The Kier molecular flexibility index (Phi) is 5.59. The number of nitrogens with one attached hydrogen (secondary N) is 1. The van der Waals surface area contributed by atoms with Gasteiger partial charge in [0.1, 0.15) is 5.78 Å². The first-order valence-corrected chi connectivity index (χ1v) is 7.61. The van der Waals surface area contributed by atoms with Crippen LogP contribution in [0.15, 0.2) is 24.3 Å². The van der Waals surface area contributed by atoms with Gasteiger partial charge >= 0.3 is 0 Å². The van der Waals surface area contributed by atoms with Gasteiger partial charge in [0, 0.05) is 18.9 Å². The van der Waals surface area contributed by atoms with Crippen molar-refractivity contribution in [3.8, 4) is 0 Å². The van der Waals surface area contributed by atoms with Crippen molar-refractivity contribution >= 4 is 5.78 Å². The van der Waals surface area contributed by atoms with E-state index in [1.807, 2.05) is 0 Å². The van der Waals surface area contributed by atoms with Crippen LogP contribution >= 0.6 is 0 Å². The third-order valence-electron chi connectivity index (χ3n) is 4.02. The second-order valence-electron chi connectivity index (χ2n) is 5.57. The van der Waals surface area contributed by atoms with Gasteiger partial charge in [-0.1, -0.05) is 37.6 Å². The van der Waals surface area contributed by atoms with Crippen molar-refractivity contribution in [1.82, 2.24) is 5.32 Å². The Morgan fingerprint density at radius 1 is 1.21 bits per heavy atom. The minimum atomic E-state index is 0.372.